The van der Waals surface area contributed by atoms with Gasteiger partial charge in [-0.15, -0.1) is 5.10 Å². The van der Waals surface area contributed by atoms with Gasteiger partial charge in [-0.05, 0) is 22.6 Å². The van der Waals surface area contributed by atoms with Crippen molar-refractivity contribution < 1.29 is 5.11 Å². The van der Waals surface area contributed by atoms with Crippen LogP contribution in [-0.4, -0.2) is 25.3 Å². The van der Waals surface area contributed by atoms with Gasteiger partial charge in [0, 0.05) is 0 Å². The van der Waals surface area contributed by atoms with Crippen LogP contribution in [0.5, 0.6) is 5.75 Å². The summed E-state index contributed by atoms with van der Waals surface area (Å²) in [4.78, 5) is 0. The molecule has 0 atom stereocenters. The Labute approximate surface area is 80.0 Å². The molecule has 1 aromatic heterocycles. The molecule has 0 unspecified atom stereocenters. The second-order valence-electron chi connectivity index (χ2n) is 2.70. The van der Waals surface area contributed by atoms with Crippen molar-refractivity contribution >= 4 is 0 Å². The van der Waals surface area contributed by atoms with Gasteiger partial charge >= 0.3 is 0 Å². The third kappa shape index (κ3) is 1.31. The summed E-state index contributed by atoms with van der Waals surface area (Å²) >= 11 is 0. The van der Waals surface area contributed by atoms with E-state index >= 15 is 0 Å². The van der Waals surface area contributed by atoms with Crippen LogP contribution in [0.3, 0.4) is 0 Å². The highest BCUT2D eigenvalue weighted by atomic mass is 16.3. The molecule has 3 N–H and O–H groups in total. The Hall–Kier alpha value is -1.95. The van der Waals surface area contributed by atoms with Crippen molar-refractivity contribution in [3.05, 3.63) is 30.1 Å². The fourth-order valence-corrected chi connectivity index (χ4v) is 1.16. The minimum atomic E-state index is 0.120. The molecule has 2 rings (SSSR count). The molecule has 0 amide bonds. The van der Waals surface area contributed by atoms with Gasteiger partial charge in [-0.25, -0.2) is 0 Å². The third-order valence-electron chi connectivity index (χ3n) is 1.83. The summed E-state index contributed by atoms with van der Waals surface area (Å²) < 4.78 is 1.41. The predicted molar refractivity (Wildman–Crippen MR) is 48.7 cm³/mol. The van der Waals surface area contributed by atoms with Crippen LogP contribution in [0.15, 0.2) is 24.3 Å². The summed E-state index contributed by atoms with van der Waals surface area (Å²) in [6.45, 7) is 0.224. The maximum atomic E-state index is 9.55. The Morgan fingerprint density at radius 1 is 1.36 bits per heavy atom. The average molecular weight is 191 g/mol. The van der Waals surface area contributed by atoms with Crippen molar-refractivity contribution in [3.63, 3.8) is 0 Å². The van der Waals surface area contributed by atoms with Crippen molar-refractivity contribution in [2.75, 3.05) is 0 Å². The number of nitrogens with zero attached hydrogens (tertiary/aromatic N) is 4. The minimum absolute atomic E-state index is 0.120. The highest BCUT2D eigenvalue weighted by Crippen LogP contribution is 2.19. The number of nitrogens with two attached hydrogens (primary N) is 1. The van der Waals surface area contributed by atoms with E-state index < -0.39 is 0 Å². The van der Waals surface area contributed by atoms with Crippen LogP contribution in [0.4, 0.5) is 0 Å². The number of rotatable bonds is 2. The van der Waals surface area contributed by atoms with E-state index in [4.69, 9.17) is 5.73 Å². The van der Waals surface area contributed by atoms with Crippen LogP contribution < -0.4 is 5.73 Å². The number of aromatic nitrogens is 4. The SMILES string of the molecule is NCc1nnnn1-c1ccccc1O. The molecule has 0 radical (unpaired) electrons. The van der Waals surface area contributed by atoms with Gasteiger partial charge in [0.25, 0.3) is 0 Å². The van der Waals surface area contributed by atoms with Gasteiger partial charge in [-0.2, -0.15) is 4.68 Å². The lowest BCUT2D eigenvalue weighted by Crippen LogP contribution is -2.08. The lowest BCUT2D eigenvalue weighted by atomic mass is 10.3. The molecule has 0 spiro atoms. The second kappa shape index (κ2) is 3.43. The first-order valence-corrected chi connectivity index (χ1v) is 4.08. The topological polar surface area (TPSA) is 89.9 Å². The van der Waals surface area contributed by atoms with E-state index in [-0.39, 0.29) is 12.3 Å². The van der Waals surface area contributed by atoms with E-state index in [1.807, 2.05) is 0 Å². The van der Waals surface area contributed by atoms with Gasteiger partial charge in [0.2, 0.25) is 0 Å². The van der Waals surface area contributed by atoms with Crippen LogP contribution in [0.25, 0.3) is 5.69 Å². The molecule has 0 saturated carbocycles. The van der Waals surface area contributed by atoms with Crippen molar-refractivity contribution in [1.29, 1.82) is 0 Å². The maximum absolute atomic E-state index is 9.55. The largest absolute Gasteiger partial charge is 0.506 e. The monoisotopic (exact) mass is 191 g/mol. The molecule has 0 saturated heterocycles. The molecule has 72 valence electrons. The molecule has 1 aromatic carbocycles. The standard InChI is InChI=1S/C8H9N5O/c9-5-8-10-11-12-13(8)6-3-1-2-4-7(6)14/h1-4,14H,5,9H2. The maximum Gasteiger partial charge on any atom is 0.170 e. The first-order chi connectivity index (χ1) is 6.83. The predicted octanol–water partition coefficient (Wildman–Crippen LogP) is -0.173. The summed E-state index contributed by atoms with van der Waals surface area (Å²) in [6.07, 6.45) is 0. The zero-order valence-electron chi connectivity index (χ0n) is 7.33. The lowest BCUT2D eigenvalue weighted by molar-refractivity contribution is 0.469. The number of para-hydroxylation sites is 2. The van der Waals surface area contributed by atoms with E-state index in [0.717, 1.165) is 0 Å². The molecular formula is C8H9N5O. The summed E-state index contributed by atoms with van der Waals surface area (Å²) in [5, 5.41) is 20.5. The molecule has 2 aromatic rings. The van der Waals surface area contributed by atoms with E-state index in [2.05, 4.69) is 15.5 Å². The summed E-state index contributed by atoms with van der Waals surface area (Å²) in [7, 11) is 0. The quantitative estimate of drug-likeness (QED) is 0.687. The number of hydrogen-bond acceptors (Lipinski definition) is 5. The lowest BCUT2D eigenvalue weighted by Gasteiger charge is -2.04. The number of phenolic OH excluding ortho intramolecular Hbond substituents is 1. The van der Waals surface area contributed by atoms with Gasteiger partial charge < -0.3 is 10.8 Å². The fraction of sp³-hybridized carbons (Fsp3) is 0.125. The normalized spacial score (nSPS) is 10.4. The molecule has 0 bridgehead atoms. The van der Waals surface area contributed by atoms with Crippen molar-refractivity contribution in [2.24, 2.45) is 5.73 Å². The molecule has 6 heteroatoms. The van der Waals surface area contributed by atoms with Crippen molar-refractivity contribution in [2.45, 2.75) is 6.54 Å². The summed E-state index contributed by atoms with van der Waals surface area (Å²) in [5.74, 6) is 0.626. The highest BCUT2D eigenvalue weighted by molar-refractivity contribution is 5.44. The van der Waals surface area contributed by atoms with Crippen LogP contribution in [-0.2, 0) is 6.54 Å². The summed E-state index contributed by atoms with van der Waals surface area (Å²) in [6, 6.07) is 6.80. The second-order valence-corrected chi connectivity index (χ2v) is 2.70. The Morgan fingerprint density at radius 2 is 2.14 bits per heavy atom. The average Bonchev–Trinajstić information content (AvgIpc) is 2.66. The number of benzene rings is 1. The molecule has 0 fully saturated rings. The minimum Gasteiger partial charge on any atom is -0.506 e. The zero-order valence-corrected chi connectivity index (χ0v) is 7.33. The molecule has 6 nitrogen and oxygen atoms in total. The molecule has 14 heavy (non-hydrogen) atoms. The van der Waals surface area contributed by atoms with Gasteiger partial charge in [-0.1, -0.05) is 12.1 Å². The third-order valence-corrected chi connectivity index (χ3v) is 1.83. The van der Waals surface area contributed by atoms with Gasteiger partial charge in [0.1, 0.15) is 11.4 Å². The number of phenols is 1. The molecular weight excluding hydrogens is 182 g/mol. The Balaban J connectivity index is 2.54. The van der Waals surface area contributed by atoms with E-state index in [1.54, 1.807) is 24.3 Å². The van der Waals surface area contributed by atoms with Crippen molar-refractivity contribution in [3.8, 4) is 11.4 Å². The number of hydrogen-bond donors (Lipinski definition) is 2. The smallest absolute Gasteiger partial charge is 0.170 e. The fourth-order valence-electron chi connectivity index (χ4n) is 1.16. The molecule has 0 aliphatic heterocycles. The highest BCUT2D eigenvalue weighted by Gasteiger charge is 2.08. The van der Waals surface area contributed by atoms with Crippen LogP contribution in [0.2, 0.25) is 0 Å². The van der Waals surface area contributed by atoms with Crippen LogP contribution >= 0.6 is 0 Å². The van der Waals surface area contributed by atoms with E-state index in [9.17, 15) is 5.11 Å². The van der Waals surface area contributed by atoms with E-state index in [0.29, 0.717) is 11.5 Å². The Morgan fingerprint density at radius 3 is 2.86 bits per heavy atom. The Bertz CT molecular complexity index is 439. The summed E-state index contributed by atoms with van der Waals surface area (Å²) in [5.41, 5.74) is 5.96. The van der Waals surface area contributed by atoms with Crippen LogP contribution in [0.1, 0.15) is 5.82 Å². The van der Waals surface area contributed by atoms with Gasteiger partial charge in [0.05, 0.1) is 6.54 Å². The van der Waals surface area contributed by atoms with Gasteiger partial charge in [0.15, 0.2) is 5.82 Å². The number of aromatic hydroxyl groups is 1. The molecule has 0 aliphatic rings. The molecule has 1 heterocycles. The first kappa shape index (κ1) is 8.64. The van der Waals surface area contributed by atoms with E-state index in [1.165, 1.54) is 4.68 Å². The number of tetrazole rings is 1. The van der Waals surface area contributed by atoms with Crippen molar-refractivity contribution in [1.82, 2.24) is 20.2 Å². The van der Waals surface area contributed by atoms with Crippen LogP contribution in [0, 0.1) is 0 Å². The Kier molecular flexibility index (Phi) is 2.11. The van der Waals surface area contributed by atoms with Gasteiger partial charge in [-0.3, -0.25) is 0 Å². The first-order valence-electron chi connectivity index (χ1n) is 4.08. The molecule has 0 aliphatic carbocycles. The zero-order chi connectivity index (χ0) is 9.97.